The summed E-state index contributed by atoms with van der Waals surface area (Å²) in [6.07, 6.45) is 4.03. The second-order valence-corrected chi connectivity index (χ2v) is 5.61. The molecule has 1 saturated carbocycles. The van der Waals surface area contributed by atoms with Crippen LogP contribution in [0.2, 0.25) is 0 Å². The van der Waals surface area contributed by atoms with Gasteiger partial charge in [0.15, 0.2) is 0 Å². The number of esters is 1. The molecule has 0 heterocycles. The zero-order chi connectivity index (χ0) is 14.4. The van der Waals surface area contributed by atoms with Gasteiger partial charge in [-0.15, -0.1) is 0 Å². The molecule has 0 bridgehead atoms. The first-order chi connectivity index (χ1) is 9.70. The fourth-order valence-electron chi connectivity index (χ4n) is 2.86. The van der Waals surface area contributed by atoms with Crippen LogP contribution in [0, 0.1) is 12.8 Å². The third kappa shape index (κ3) is 4.07. The monoisotopic (exact) mass is 275 g/mol. The highest BCUT2D eigenvalue weighted by atomic mass is 16.5. The van der Waals surface area contributed by atoms with E-state index in [2.05, 4.69) is 36.5 Å². The summed E-state index contributed by atoms with van der Waals surface area (Å²) in [7, 11) is 0. The molecule has 1 aliphatic rings. The zero-order valence-corrected chi connectivity index (χ0v) is 12.5. The van der Waals surface area contributed by atoms with Gasteiger partial charge >= 0.3 is 5.97 Å². The molecule has 3 nitrogen and oxygen atoms in total. The van der Waals surface area contributed by atoms with Crippen LogP contribution in [-0.4, -0.2) is 18.6 Å². The predicted molar refractivity (Wildman–Crippen MR) is 80.4 cm³/mol. The van der Waals surface area contributed by atoms with Gasteiger partial charge in [0.2, 0.25) is 0 Å². The molecule has 0 saturated heterocycles. The molecule has 0 radical (unpaired) electrons. The minimum atomic E-state index is -0.00939. The first-order valence-corrected chi connectivity index (χ1v) is 7.65. The van der Waals surface area contributed by atoms with Crippen LogP contribution >= 0.6 is 0 Å². The topological polar surface area (TPSA) is 38.3 Å². The van der Waals surface area contributed by atoms with Gasteiger partial charge < -0.3 is 10.1 Å². The lowest BCUT2D eigenvalue weighted by Gasteiger charge is -2.28. The summed E-state index contributed by atoms with van der Waals surface area (Å²) < 4.78 is 5.10. The Morgan fingerprint density at radius 1 is 1.25 bits per heavy atom. The van der Waals surface area contributed by atoms with Crippen LogP contribution in [0.5, 0.6) is 0 Å². The number of hydrogen-bond acceptors (Lipinski definition) is 3. The molecule has 1 N–H and O–H groups in total. The van der Waals surface area contributed by atoms with Gasteiger partial charge in [0, 0.05) is 12.6 Å². The SMILES string of the molecule is CCOC(=O)C1CCC(NCc2ccccc2C)CC1. The molecule has 1 aromatic rings. The van der Waals surface area contributed by atoms with E-state index in [1.807, 2.05) is 6.92 Å². The minimum absolute atomic E-state index is 0.00939. The molecule has 0 unspecified atom stereocenters. The van der Waals surface area contributed by atoms with Crippen molar-refractivity contribution in [1.82, 2.24) is 5.32 Å². The van der Waals surface area contributed by atoms with Crippen molar-refractivity contribution in [3.8, 4) is 0 Å². The van der Waals surface area contributed by atoms with Gasteiger partial charge in [0.1, 0.15) is 0 Å². The Kier molecular flexibility index (Phi) is 5.60. The molecule has 1 aliphatic carbocycles. The number of carbonyl (C=O) groups excluding carboxylic acids is 1. The molecule has 20 heavy (non-hydrogen) atoms. The van der Waals surface area contributed by atoms with E-state index in [0.29, 0.717) is 12.6 Å². The molecular weight excluding hydrogens is 250 g/mol. The van der Waals surface area contributed by atoms with E-state index in [0.717, 1.165) is 32.2 Å². The maximum Gasteiger partial charge on any atom is 0.308 e. The van der Waals surface area contributed by atoms with Crippen LogP contribution in [0.4, 0.5) is 0 Å². The van der Waals surface area contributed by atoms with E-state index < -0.39 is 0 Å². The summed E-state index contributed by atoms with van der Waals surface area (Å²) >= 11 is 0. The highest BCUT2D eigenvalue weighted by Crippen LogP contribution is 2.25. The van der Waals surface area contributed by atoms with Crippen molar-refractivity contribution in [2.45, 2.75) is 52.1 Å². The third-order valence-corrected chi connectivity index (χ3v) is 4.19. The van der Waals surface area contributed by atoms with E-state index in [9.17, 15) is 4.79 Å². The molecule has 0 aliphatic heterocycles. The molecule has 0 atom stereocenters. The summed E-state index contributed by atoms with van der Waals surface area (Å²) in [6, 6.07) is 9.01. The molecule has 1 aromatic carbocycles. The quantitative estimate of drug-likeness (QED) is 0.839. The first kappa shape index (κ1) is 15.0. The van der Waals surface area contributed by atoms with Crippen molar-refractivity contribution in [1.29, 1.82) is 0 Å². The maximum atomic E-state index is 11.7. The zero-order valence-electron chi connectivity index (χ0n) is 12.5. The maximum absolute atomic E-state index is 11.7. The Morgan fingerprint density at radius 2 is 1.95 bits per heavy atom. The molecule has 110 valence electrons. The van der Waals surface area contributed by atoms with Crippen molar-refractivity contribution in [3.05, 3.63) is 35.4 Å². The summed E-state index contributed by atoms with van der Waals surface area (Å²) in [6.45, 7) is 5.42. The average Bonchev–Trinajstić information content (AvgIpc) is 2.47. The van der Waals surface area contributed by atoms with Crippen molar-refractivity contribution >= 4 is 5.97 Å². The van der Waals surface area contributed by atoms with E-state index in [-0.39, 0.29) is 11.9 Å². The molecular formula is C17H25NO2. The fraction of sp³-hybridized carbons (Fsp3) is 0.588. The van der Waals surface area contributed by atoms with Crippen LogP contribution in [0.3, 0.4) is 0 Å². The fourth-order valence-corrected chi connectivity index (χ4v) is 2.86. The Balaban J connectivity index is 1.75. The highest BCUT2D eigenvalue weighted by Gasteiger charge is 2.26. The standard InChI is InChI=1S/C17H25NO2/c1-3-20-17(19)14-8-10-16(11-9-14)18-12-15-7-5-4-6-13(15)2/h4-7,14,16,18H,3,8-12H2,1-2H3. The summed E-state index contributed by atoms with van der Waals surface area (Å²) in [5.74, 6) is 0.108. The van der Waals surface area contributed by atoms with E-state index in [4.69, 9.17) is 4.74 Å². The van der Waals surface area contributed by atoms with Gasteiger partial charge in [-0.05, 0) is 50.7 Å². The van der Waals surface area contributed by atoms with Crippen molar-refractivity contribution in [3.63, 3.8) is 0 Å². The first-order valence-electron chi connectivity index (χ1n) is 7.65. The summed E-state index contributed by atoms with van der Waals surface area (Å²) in [4.78, 5) is 11.7. The third-order valence-electron chi connectivity index (χ3n) is 4.19. The average molecular weight is 275 g/mol. The van der Waals surface area contributed by atoms with Gasteiger partial charge in [0.05, 0.1) is 12.5 Å². The Morgan fingerprint density at radius 3 is 2.60 bits per heavy atom. The summed E-state index contributed by atoms with van der Waals surface area (Å²) in [5, 5.41) is 3.62. The van der Waals surface area contributed by atoms with E-state index in [1.54, 1.807) is 0 Å². The molecule has 0 amide bonds. The van der Waals surface area contributed by atoms with Gasteiger partial charge in [-0.2, -0.15) is 0 Å². The number of ether oxygens (including phenoxy) is 1. The van der Waals surface area contributed by atoms with Crippen LogP contribution in [0.1, 0.15) is 43.7 Å². The lowest BCUT2D eigenvalue weighted by molar-refractivity contribution is -0.149. The number of carbonyl (C=O) groups is 1. The second kappa shape index (κ2) is 7.44. The highest BCUT2D eigenvalue weighted by molar-refractivity contribution is 5.72. The van der Waals surface area contributed by atoms with Crippen molar-refractivity contribution in [2.75, 3.05) is 6.61 Å². The van der Waals surface area contributed by atoms with Crippen LogP contribution < -0.4 is 5.32 Å². The van der Waals surface area contributed by atoms with Crippen molar-refractivity contribution in [2.24, 2.45) is 5.92 Å². The predicted octanol–water partition coefficient (Wildman–Crippen LogP) is 3.21. The number of aryl methyl sites for hydroxylation is 1. The molecule has 0 spiro atoms. The van der Waals surface area contributed by atoms with Crippen molar-refractivity contribution < 1.29 is 9.53 Å². The van der Waals surface area contributed by atoms with Gasteiger partial charge in [-0.3, -0.25) is 4.79 Å². The normalized spacial score (nSPS) is 22.5. The van der Waals surface area contributed by atoms with Crippen LogP contribution in [0.15, 0.2) is 24.3 Å². The van der Waals surface area contributed by atoms with Crippen LogP contribution in [0.25, 0.3) is 0 Å². The Hall–Kier alpha value is -1.35. The molecule has 0 aromatic heterocycles. The molecule has 2 rings (SSSR count). The Labute approximate surface area is 121 Å². The minimum Gasteiger partial charge on any atom is -0.466 e. The molecule has 3 heteroatoms. The van der Waals surface area contributed by atoms with E-state index in [1.165, 1.54) is 11.1 Å². The van der Waals surface area contributed by atoms with Gasteiger partial charge in [-0.1, -0.05) is 24.3 Å². The Bertz CT molecular complexity index is 436. The van der Waals surface area contributed by atoms with E-state index >= 15 is 0 Å². The smallest absolute Gasteiger partial charge is 0.308 e. The van der Waals surface area contributed by atoms with Crippen LogP contribution in [-0.2, 0) is 16.1 Å². The second-order valence-electron chi connectivity index (χ2n) is 5.61. The number of benzene rings is 1. The molecule has 1 fully saturated rings. The lowest BCUT2D eigenvalue weighted by Crippen LogP contribution is -2.35. The van der Waals surface area contributed by atoms with Gasteiger partial charge in [0.25, 0.3) is 0 Å². The number of nitrogens with one attached hydrogen (secondary N) is 1. The lowest BCUT2D eigenvalue weighted by atomic mass is 9.86. The number of rotatable bonds is 5. The number of hydrogen-bond donors (Lipinski definition) is 1. The summed E-state index contributed by atoms with van der Waals surface area (Å²) in [5.41, 5.74) is 2.69. The van der Waals surface area contributed by atoms with Gasteiger partial charge in [-0.25, -0.2) is 0 Å². The largest absolute Gasteiger partial charge is 0.466 e.